The zero-order valence-electron chi connectivity index (χ0n) is 31.1. The minimum atomic E-state index is 0.619. The fourth-order valence-electron chi connectivity index (χ4n) is 7.31. The molecule has 2 unspecified atom stereocenters. The van der Waals surface area contributed by atoms with Gasteiger partial charge in [-0.05, 0) is 32.6 Å². The quantitative estimate of drug-likeness (QED) is 0.0579. The molecule has 0 saturated carbocycles. The number of imidazole rings is 1. The van der Waals surface area contributed by atoms with Crippen LogP contribution >= 0.6 is 0 Å². The minimum Gasteiger partial charge on any atom is -0.247 e. The molecule has 1 aromatic heterocycles. The molecule has 0 radical (unpaired) electrons. The van der Waals surface area contributed by atoms with Crippen molar-refractivity contribution in [1.82, 2.24) is 4.98 Å². The highest BCUT2D eigenvalue weighted by atomic mass is 15.1. The molecule has 1 aromatic rings. The minimum absolute atomic E-state index is 0.619. The van der Waals surface area contributed by atoms with Crippen molar-refractivity contribution in [2.45, 2.75) is 252 Å². The predicted molar refractivity (Wildman–Crippen MR) is 198 cm³/mol. The monoisotopic (exact) mass is 616 g/mol. The van der Waals surface area contributed by atoms with Gasteiger partial charge in [0.05, 0.1) is 12.0 Å². The maximum atomic E-state index is 3.75. The number of aromatic amines is 1. The third kappa shape index (κ3) is 23.5. The Balaban J connectivity index is 2.34. The first-order chi connectivity index (χ1) is 21.7. The Morgan fingerprint density at radius 1 is 0.432 bits per heavy atom. The molecular formula is C42H83N2+. The van der Waals surface area contributed by atoms with E-state index in [1.807, 2.05) is 0 Å². The summed E-state index contributed by atoms with van der Waals surface area (Å²) in [6.07, 6.45) is 51.7. The van der Waals surface area contributed by atoms with Crippen LogP contribution in [0.5, 0.6) is 0 Å². The molecule has 1 N–H and O–H groups in total. The Morgan fingerprint density at radius 2 is 0.727 bits per heavy atom. The van der Waals surface area contributed by atoms with Gasteiger partial charge < -0.3 is 0 Å². The molecule has 44 heavy (non-hydrogen) atoms. The van der Waals surface area contributed by atoms with E-state index in [1.165, 1.54) is 218 Å². The number of unbranched alkanes of at least 4 members (excludes halogenated alkanes) is 27. The van der Waals surface area contributed by atoms with Crippen LogP contribution in [0.25, 0.3) is 0 Å². The summed E-state index contributed by atoms with van der Waals surface area (Å²) in [7, 11) is 0. The zero-order valence-corrected chi connectivity index (χ0v) is 31.1. The summed E-state index contributed by atoms with van der Waals surface area (Å²) < 4.78 is 2.64. The lowest BCUT2D eigenvalue weighted by atomic mass is 9.92. The number of aromatic nitrogens is 2. The van der Waals surface area contributed by atoms with E-state index in [0.29, 0.717) is 12.0 Å². The molecule has 2 heteroatoms. The highest BCUT2D eigenvalue weighted by Gasteiger charge is 2.25. The number of H-pyrrole nitrogens is 1. The van der Waals surface area contributed by atoms with Crippen molar-refractivity contribution < 1.29 is 4.57 Å². The van der Waals surface area contributed by atoms with Crippen molar-refractivity contribution >= 4 is 0 Å². The third-order valence-corrected chi connectivity index (χ3v) is 10.4. The van der Waals surface area contributed by atoms with Crippen LogP contribution in [0.4, 0.5) is 0 Å². The molecule has 0 spiro atoms. The van der Waals surface area contributed by atoms with E-state index in [9.17, 15) is 0 Å². The van der Waals surface area contributed by atoms with Crippen LogP contribution in [0, 0.1) is 0 Å². The molecule has 0 bridgehead atoms. The summed E-state index contributed by atoms with van der Waals surface area (Å²) in [4.78, 5) is 3.75. The van der Waals surface area contributed by atoms with E-state index in [-0.39, 0.29) is 0 Å². The Labute approximate surface area is 278 Å². The predicted octanol–water partition coefficient (Wildman–Crippen LogP) is 14.9. The topological polar surface area (TPSA) is 19.7 Å². The van der Waals surface area contributed by atoms with Crippen molar-refractivity contribution in [3.63, 3.8) is 0 Å². The average molecular weight is 616 g/mol. The van der Waals surface area contributed by atoms with E-state index in [2.05, 4.69) is 49.6 Å². The smallest absolute Gasteiger partial charge is 0.247 e. The molecule has 1 rings (SSSR count). The van der Waals surface area contributed by atoms with Crippen LogP contribution in [-0.4, -0.2) is 4.98 Å². The fraction of sp³-hybridized carbons (Fsp3) is 0.929. The van der Waals surface area contributed by atoms with E-state index in [0.717, 1.165) is 0 Å². The molecule has 0 fully saturated rings. The molecule has 0 saturated heterocycles. The number of rotatable bonds is 35. The largest absolute Gasteiger partial charge is 0.257 e. The summed E-state index contributed by atoms with van der Waals surface area (Å²) in [6, 6.07) is 0.619. The van der Waals surface area contributed by atoms with Crippen LogP contribution < -0.4 is 4.57 Å². The second kappa shape index (κ2) is 32.2. The first-order valence-electron chi connectivity index (χ1n) is 20.8. The second-order valence-corrected chi connectivity index (χ2v) is 14.7. The molecule has 260 valence electrons. The summed E-state index contributed by atoms with van der Waals surface area (Å²) in [5, 5.41) is 0. The molecule has 2 nitrogen and oxygen atoms in total. The first kappa shape index (κ1) is 41.2. The normalized spacial score (nSPS) is 13.1. The van der Waals surface area contributed by atoms with E-state index >= 15 is 0 Å². The summed E-state index contributed by atoms with van der Waals surface area (Å²) >= 11 is 0. The summed E-state index contributed by atoms with van der Waals surface area (Å²) in [5.41, 5.74) is 0. The number of nitrogens with zero attached hydrogens (tertiary/aromatic N) is 1. The highest BCUT2D eigenvalue weighted by molar-refractivity contribution is 4.90. The summed E-state index contributed by atoms with van der Waals surface area (Å²) in [5.74, 6) is 2.25. The molecule has 0 aliphatic carbocycles. The molecule has 2 atom stereocenters. The highest BCUT2D eigenvalue weighted by Crippen LogP contribution is 2.27. The molecule has 1 heterocycles. The standard InChI is InChI=1S/C42H82N2/c1-5-8-11-14-17-19-21-22-23-24-26-28-31-34-37-41(36-33-30-16-13-10-7-3)42-43-38-39-44(42)40(4)35-32-29-27-25-20-18-15-12-9-6-2/h38-41H,5-37H2,1-4H3/p+1. The second-order valence-electron chi connectivity index (χ2n) is 14.7. The van der Waals surface area contributed by atoms with Gasteiger partial charge in [-0.3, -0.25) is 0 Å². The van der Waals surface area contributed by atoms with Gasteiger partial charge in [0, 0.05) is 0 Å². The van der Waals surface area contributed by atoms with Gasteiger partial charge in [0.25, 0.3) is 5.82 Å². The Kier molecular flexibility index (Phi) is 30.1. The maximum Gasteiger partial charge on any atom is 0.257 e. The van der Waals surface area contributed by atoms with Crippen LogP contribution in [-0.2, 0) is 0 Å². The molecular weight excluding hydrogens is 532 g/mol. The first-order valence-corrected chi connectivity index (χ1v) is 20.8. The molecule has 0 aromatic carbocycles. The van der Waals surface area contributed by atoms with Gasteiger partial charge in [-0.2, -0.15) is 0 Å². The van der Waals surface area contributed by atoms with E-state index in [4.69, 9.17) is 0 Å². The van der Waals surface area contributed by atoms with E-state index < -0.39 is 0 Å². The van der Waals surface area contributed by atoms with Crippen LogP contribution in [0.15, 0.2) is 12.4 Å². The van der Waals surface area contributed by atoms with Gasteiger partial charge in [-0.1, -0.05) is 207 Å². The van der Waals surface area contributed by atoms with E-state index in [1.54, 1.807) is 0 Å². The molecule has 0 amide bonds. The van der Waals surface area contributed by atoms with Gasteiger partial charge >= 0.3 is 0 Å². The van der Waals surface area contributed by atoms with Gasteiger partial charge in [-0.15, -0.1) is 0 Å². The third-order valence-electron chi connectivity index (χ3n) is 10.4. The lowest BCUT2D eigenvalue weighted by Crippen LogP contribution is -2.41. The molecule has 0 aliphatic rings. The zero-order chi connectivity index (χ0) is 31.8. The van der Waals surface area contributed by atoms with Crippen LogP contribution in [0.2, 0.25) is 0 Å². The van der Waals surface area contributed by atoms with Gasteiger partial charge in [0.2, 0.25) is 0 Å². The lowest BCUT2D eigenvalue weighted by Gasteiger charge is -2.17. The van der Waals surface area contributed by atoms with Crippen LogP contribution in [0.3, 0.4) is 0 Å². The SMILES string of the molecule is CCCCCCCCCCCCCCCCC(CCCCCCCC)c1[nH]cc[n+]1C(C)CCCCCCCCCCCC. The van der Waals surface area contributed by atoms with Crippen molar-refractivity contribution in [2.75, 3.05) is 0 Å². The van der Waals surface area contributed by atoms with Gasteiger partial charge in [-0.25, -0.2) is 9.55 Å². The summed E-state index contributed by atoms with van der Waals surface area (Å²) in [6.45, 7) is 9.42. The Morgan fingerprint density at radius 3 is 1.07 bits per heavy atom. The van der Waals surface area contributed by atoms with Crippen molar-refractivity contribution in [1.29, 1.82) is 0 Å². The average Bonchev–Trinajstić information content (AvgIpc) is 3.53. The van der Waals surface area contributed by atoms with Gasteiger partial charge in [0.15, 0.2) is 0 Å². The Hall–Kier alpha value is -0.790. The van der Waals surface area contributed by atoms with Crippen molar-refractivity contribution in [3.05, 3.63) is 18.2 Å². The Bertz CT molecular complexity index is 679. The molecule has 0 aliphatic heterocycles. The van der Waals surface area contributed by atoms with Crippen molar-refractivity contribution in [3.8, 4) is 0 Å². The van der Waals surface area contributed by atoms with Gasteiger partial charge in [0.1, 0.15) is 12.4 Å². The maximum absolute atomic E-state index is 3.75. The number of hydrogen-bond acceptors (Lipinski definition) is 0. The fourth-order valence-corrected chi connectivity index (χ4v) is 7.31. The number of hydrogen-bond donors (Lipinski definition) is 1. The number of nitrogens with one attached hydrogen (secondary N) is 1. The lowest BCUT2D eigenvalue weighted by molar-refractivity contribution is -0.727. The van der Waals surface area contributed by atoms with Crippen LogP contribution in [0.1, 0.15) is 257 Å². The van der Waals surface area contributed by atoms with Crippen molar-refractivity contribution in [2.24, 2.45) is 0 Å².